The van der Waals surface area contributed by atoms with Gasteiger partial charge < -0.3 is 0 Å². The molecule has 126 valence electrons. The highest BCUT2D eigenvalue weighted by Gasteiger charge is 2.37. The minimum Gasteiger partial charge on any atom is -0.294 e. The third-order valence-corrected chi connectivity index (χ3v) is 4.23. The molecule has 0 spiro atoms. The van der Waals surface area contributed by atoms with Crippen LogP contribution in [0.1, 0.15) is 36.4 Å². The van der Waals surface area contributed by atoms with Crippen LogP contribution in [0.25, 0.3) is 0 Å². The lowest BCUT2D eigenvalue weighted by atomic mass is 9.87. The summed E-state index contributed by atoms with van der Waals surface area (Å²) in [6.45, 7) is 5.77. The molecular formula is C15H20F3N5. The summed E-state index contributed by atoms with van der Waals surface area (Å²) in [7, 11) is 1.91. The average molecular weight is 327 g/mol. The Kier molecular flexibility index (Phi) is 3.74. The molecule has 0 aromatic carbocycles. The lowest BCUT2D eigenvalue weighted by Crippen LogP contribution is -2.33. The molecule has 0 amide bonds. The van der Waals surface area contributed by atoms with Crippen LogP contribution in [0.5, 0.6) is 0 Å². The van der Waals surface area contributed by atoms with Gasteiger partial charge in [0, 0.05) is 43.5 Å². The van der Waals surface area contributed by atoms with Crippen LogP contribution >= 0.6 is 0 Å². The fraction of sp³-hybridized carbons (Fsp3) is 0.600. The van der Waals surface area contributed by atoms with E-state index in [1.165, 1.54) is 6.20 Å². The summed E-state index contributed by atoms with van der Waals surface area (Å²) in [6.07, 6.45) is -0.478. The fourth-order valence-electron chi connectivity index (χ4n) is 3.31. The van der Waals surface area contributed by atoms with Crippen molar-refractivity contribution in [3.63, 3.8) is 0 Å². The molecule has 0 unspecified atom stereocenters. The maximum atomic E-state index is 13.0. The molecule has 23 heavy (non-hydrogen) atoms. The van der Waals surface area contributed by atoms with Crippen molar-refractivity contribution >= 4 is 0 Å². The zero-order valence-electron chi connectivity index (χ0n) is 13.4. The molecule has 5 nitrogen and oxygen atoms in total. The minimum atomic E-state index is -4.41. The third-order valence-electron chi connectivity index (χ3n) is 4.23. The van der Waals surface area contributed by atoms with Crippen molar-refractivity contribution in [1.29, 1.82) is 0 Å². The molecule has 3 rings (SSSR count). The molecule has 0 fully saturated rings. The number of rotatable bonds is 2. The van der Waals surface area contributed by atoms with Crippen LogP contribution in [0.15, 0.2) is 12.4 Å². The van der Waals surface area contributed by atoms with Gasteiger partial charge in [-0.05, 0) is 11.8 Å². The fourth-order valence-corrected chi connectivity index (χ4v) is 3.31. The summed E-state index contributed by atoms with van der Waals surface area (Å²) in [5.74, 6) is 0. The number of halogens is 3. The van der Waals surface area contributed by atoms with E-state index < -0.39 is 11.9 Å². The standard InChI is InChI=1S/C15H20F3N5/c1-14(2)4-12-10(6-20-22(12)3)7-23(9-14)8-11-5-19-21-13(11)15(16,17)18/h5-6H,4,7-9H2,1-3H3,(H,19,21). The molecule has 2 aromatic heterocycles. The zero-order chi connectivity index (χ0) is 16.8. The predicted molar refractivity (Wildman–Crippen MR) is 78.4 cm³/mol. The van der Waals surface area contributed by atoms with Gasteiger partial charge in [0.2, 0.25) is 0 Å². The lowest BCUT2D eigenvalue weighted by molar-refractivity contribution is -0.142. The Hall–Kier alpha value is -1.83. The van der Waals surface area contributed by atoms with E-state index >= 15 is 0 Å². The topological polar surface area (TPSA) is 49.7 Å². The molecule has 3 heterocycles. The first-order valence-electron chi connectivity index (χ1n) is 7.47. The number of H-pyrrole nitrogens is 1. The van der Waals surface area contributed by atoms with Gasteiger partial charge in [0.05, 0.1) is 12.4 Å². The van der Waals surface area contributed by atoms with Crippen molar-refractivity contribution in [3.05, 3.63) is 34.9 Å². The first-order chi connectivity index (χ1) is 10.7. The highest BCUT2D eigenvalue weighted by molar-refractivity contribution is 5.23. The van der Waals surface area contributed by atoms with Crippen LogP contribution in [0.2, 0.25) is 0 Å². The van der Waals surface area contributed by atoms with Crippen molar-refractivity contribution in [2.24, 2.45) is 12.5 Å². The number of hydrogen-bond donors (Lipinski definition) is 1. The van der Waals surface area contributed by atoms with Gasteiger partial charge in [0.1, 0.15) is 5.69 Å². The monoisotopic (exact) mass is 327 g/mol. The maximum absolute atomic E-state index is 13.0. The average Bonchev–Trinajstić information content (AvgIpc) is 2.95. The Bertz CT molecular complexity index is 698. The van der Waals surface area contributed by atoms with E-state index in [1.54, 1.807) is 0 Å². The highest BCUT2D eigenvalue weighted by atomic mass is 19.4. The second-order valence-electron chi connectivity index (χ2n) is 6.99. The van der Waals surface area contributed by atoms with Crippen molar-refractivity contribution in [2.75, 3.05) is 6.54 Å². The molecule has 0 bridgehead atoms. The zero-order valence-corrected chi connectivity index (χ0v) is 13.4. The van der Waals surface area contributed by atoms with E-state index in [2.05, 4.69) is 29.1 Å². The Morgan fingerprint density at radius 3 is 2.74 bits per heavy atom. The Labute approximate surface area is 132 Å². The van der Waals surface area contributed by atoms with Crippen molar-refractivity contribution in [1.82, 2.24) is 24.9 Å². The van der Waals surface area contributed by atoms with E-state index in [4.69, 9.17) is 0 Å². The molecule has 1 N–H and O–H groups in total. The van der Waals surface area contributed by atoms with Crippen LogP contribution < -0.4 is 0 Å². The molecule has 1 aliphatic heterocycles. The van der Waals surface area contributed by atoms with Crippen LogP contribution in [-0.4, -0.2) is 31.4 Å². The predicted octanol–water partition coefficient (Wildman–Crippen LogP) is 2.75. The molecule has 0 saturated carbocycles. The molecule has 8 heteroatoms. The summed E-state index contributed by atoms with van der Waals surface area (Å²) >= 11 is 0. The van der Waals surface area contributed by atoms with Crippen LogP contribution in [0, 0.1) is 5.41 Å². The van der Waals surface area contributed by atoms with E-state index in [1.807, 2.05) is 22.8 Å². The van der Waals surface area contributed by atoms with Crippen molar-refractivity contribution < 1.29 is 13.2 Å². The summed E-state index contributed by atoms with van der Waals surface area (Å²) in [5, 5.41) is 9.94. The molecule has 1 aliphatic rings. The maximum Gasteiger partial charge on any atom is 0.433 e. The SMILES string of the molecule is Cn1ncc2c1CC(C)(C)CN(Cc1cn[nH]c1C(F)(F)F)C2. The van der Waals surface area contributed by atoms with Gasteiger partial charge in [-0.3, -0.25) is 14.7 Å². The molecule has 2 aromatic rings. The number of fused-ring (bicyclic) bond motifs is 1. The summed E-state index contributed by atoms with van der Waals surface area (Å²) in [4.78, 5) is 2.04. The largest absolute Gasteiger partial charge is 0.433 e. The lowest BCUT2D eigenvalue weighted by Gasteiger charge is -2.29. The second-order valence-corrected chi connectivity index (χ2v) is 6.99. The van der Waals surface area contributed by atoms with Gasteiger partial charge >= 0.3 is 6.18 Å². The first-order valence-corrected chi connectivity index (χ1v) is 7.47. The number of hydrogen-bond acceptors (Lipinski definition) is 3. The van der Waals surface area contributed by atoms with Gasteiger partial charge in [0.25, 0.3) is 0 Å². The van der Waals surface area contributed by atoms with Gasteiger partial charge in [-0.15, -0.1) is 0 Å². The Morgan fingerprint density at radius 1 is 1.30 bits per heavy atom. The number of alkyl halides is 3. The van der Waals surface area contributed by atoms with Gasteiger partial charge in [-0.25, -0.2) is 0 Å². The molecule has 0 radical (unpaired) electrons. The van der Waals surface area contributed by atoms with Crippen LogP contribution in [0.3, 0.4) is 0 Å². The molecule has 0 saturated heterocycles. The van der Waals surface area contributed by atoms with Gasteiger partial charge in [0.15, 0.2) is 0 Å². The normalized spacial score (nSPS) is 18.7. The van der Waals surface area contributed by atoms with Gasteiger partial charge in [-0.1, -0.05) is 13.8 Å². The number of nitrogens with one attached hydrogen (secondary N) is 1. The smallest absolute Gasteiger partial charge is 0.294 e. The summed E-state index contributed by atoms with van der Waals surface area (Å²) in [5.41, 5.74) is 1.61. The van der Waals surface area contributed by atoms with Crippen LogP contribution in [-0.2, 0) is 32.7 Å². The Balaban J connectivity index is 1.88. The number of aromatic amines is 1. The van der Waals surface area contributed by atoms with E-state index in [-0.39, 0.29) is 17.5 Å². The van der Waals surface area contributed by atoms with E-state index in [9.17, 15) is 13.2 Å². The minimum absolute atomic E-state index is 0.0405. The highest BCUT2D eigenvalue weighted by Crippen LogP contribution is 2.33. The molecule has 0 atom stereocenters. The van der Waals surface area contributed by atoms with E-state index in [0.29, 0.717) is 13.1 Å². The second kappa shape index (κ2) is 5.36. The summed E-state index contributed by atoms with van der Waals surface area (Å²) in [6, 6.07) is 0. The van der Waals surface area contributed by atoms with Crippen molar-refractivity contribution in [3.8, 4) is 0 Å². The number of aromatic nitrogens is 4. The summed E-state index contributed by atoms with van der Waals surface area (Å²) < 4.78 is 40.9. The Morgan fingerprint density at radius 2 is 2.04 bits per heavy atom. The third kappa shape index (κ3) is 3.26. The molecular weight excluding hydrogens is 307 g/mol. The van der Waals surface area contributed by atoms with E-state index in [0.717, 1.165) is 17.7 Å². The number of aryl methyl sites for hydroxylation is 1. The number of nitrogens with zero attached hydrogens (tertiary/aromatic N) is 4. The quantitative estimate of drug-likeness (QED) is 0.923. The van der Waals surface area contributed by atoms with Gasteiger partial charge in [-0.2, -0.15) is 23.4 Å². The van der Waals surface area contributed by atoms with Crippen molar-refractivity contribution in [2.45, 2.75) is 39.5 Å². The first kappa shape index (κ1) is 16.0. The molecule has 0 aliphatic carbocycles. The van der Waals surface area contributed by atoms with Crippen LogP contribution in [0.4, 0.5) is 13.2 Å².